The molecule has 0 aromatic heterocycles. The van der Waals surface area contributed by atoms with E-state index in [1.165, 1.54) is 18.2 Å². The average Bonchev–Trinajstić information content (AvgIpc) is 2.34. The van der Waals surface area contributed by atoms with Gasteiger partial charge in [-0.25, -0.2) is 0 Å². The summed E-state index contributed by atoms with van der Waals surface area (Å²) in [6.07, 6.45) is -3.90. The zero-order valence-corrected chi connectivity index (χ0v) is 12.2. The smallest absolute Gasteiger partial charge is 0.421 e. The standard InChI is InChI=1S/C15H21F3O2/c1-5-8-20-13-7-6-11(9-12(13)10(2)3)14(4,19)15(16,17)18/h6-7,9-10,19H,5,8H2,1-4H3. The van der Waals surface area contributed by atoms with Crippen LogP contribution in [0, 0.1) is 0 Å². The summed E-state index contributed by atoms with van der Waals surface area (Å²) in [6, 6.07) is 4.15. The quantitative estimate of drug-likeness (QED) is 0.872. The first-order chi connectivity index (χ1) is 9.11. The third-order valence-corrected chi connectivity index (χ3v) is 3.21. The second-order valence-corrected chi connectivity index (χ2v) is 5.33. The van der Waals surface area contributed by atoms with Gasteiger partial charge in [-0.1, -0.05) is 26.8 Å². The molecule has 0 saturated heterocycles. The van der Waals surface area contributed by atoms with Gasteiger partial charge >= 0.3 is 6.18 Å². The Balaban J connectivity index is 3.23. The van der Waals surface area contributed by atoms with E-state index in [1.54, 1.807) is 0 Å². The maximum atomic E-state index is 12.9. The first-order valence-corrected chi connectivity index (χ1v) is 6.67. The highest BCUT2D eigenvalue weighted by molar-refractivity contribution is 5.41. The highest BCUT2D eigenvalue weighted by Gasteiger charge is 2.51. The minimum Gasteiger partial charge on any atom is -0.493 e. The van der Waals surface area contributed by atoms with Gasteiger partial charge in [-0.2, -0.15) is 13.2 Å². The third-order valence-electron chi connectivity index (χ3n) is 3.21. The lowest BCUT2D eigenvalue weighted by molar-refractivity contribution is -0.258. The summed E-state index contributed by atoms with van der Waals surface area (Å²) in [5.41, 5.74) is -2.36. The van der Waals surface area contributed by atoms with Gasteiger partial charge in [0.2, 0.25) is 0 Å². The van der Waals surface area contributed by atoms with Crippen LogP contribution in [0.4, 0.5) is 13.2 Å². The van der Waals surface area contributed by atoms with E-state index in [1.807, 2.05) is 20.8 Å². The van der Waals surface area contributed by atoms with E-state index in [0.717, 1.165) is 13.3 Å². The lowest BCUT2D eigenvalue weighted by Gasteiger charge is -2.28. The van der Waals surface area contributed by atoms with E-state index in [2.05, 4.69) is 0 Å². The highest BCUT2D eigenvalue weighted by atomic mass is 19.4. The number of hydrogen-bond acceptors (Lipinski definition) is 2. The van der Waals surface area contributed by atoms with Crippen molar-refractivity contribution in [3.05, 3.63) is 29.3 Å². The number of halogens is 3. The monoisotopic (exact) mass is 290 g/mol. The maximum absolute atomic E-state index is 12.9. The maximum Gasteiger partial charge on any atom is 0.421 e. The van der Waals surface area contributed by atoms with Crippen molar-refractivity contribution in [3.63, 3.8) is 0 Å². The molecule has 1 unspecified atom stereocenters. The summed E-state index contributed by atoms with van der Waals surface area (Å²) in [4.78, 5) is 0. The number of aliphatic hydroxyl groups is 1. The van der Waals surface area contributed by atoms with Crippen LogP contribution in [0.25, 0.3) is 0 Å². The van der Waals surface area contributed by atoms with Crippen LogP contribution < -0.4 is 4.74 Å². The Labute approximate surface area is 117 Å². The van der Waals surface area contributed by atoms with Gasteiger partial charge in [0.05, 0.1) is 6.61 Å². The zero-order valence-electron chi connectivity index (χ0n) is 12.2. The van der Waals surface area contributed by atoms with Crippen LogP contribution in [0.1, 0.15) is 51.2 Å². The molecule has 0 fully saturated rings. The second kappa shape index (κ2) is 6.04. The van der Waals surface area contributed by atoms with Crippen molar-refractivity contribution in [1.29, 1.82) is 0 Å². The number of ether oxygens (including phenoxy) is 1. The molecule has 1 aromatic rings. The van der Waals surface area contributed by atoms with Gasteiger partial charge < -0.3 is 9.84 Å². The lowest BCUT2D eigenvalue weighted by atomic mass is 9.90. The molecule has 1 N–H and O–H groups in total. The molecule has 1 aromatic carbocycles. The van der Waals surface area contributed by atoms with E-state index in [9.17, 15) is 18.3 Å². The molecule has 114 valence electrons. The summed E-state index contributed by atoms with van der Waals surface area (Å²) < 4.78 is 44.2. The van der Waals surface area contributed by atoms with Crippen molar-refractivity contribution >= 4 is 0 Å². The molecule has 1 rings (SSSR count). The summed E-state index contributed by atoms with van der Waals surface area (Å²) in [5.74, 6) is 0.578. The van der Waals surface area contributed by atoms with E-state index < -0.39 is 11.8 Å². The van der Waals surface area contributed by atoms with E-state index in [0.29, 0.717) is 17.9 Å². The molecule has 0 bridgehead atoms. The fraction of sp³-hybridized carbons (Fsp3) is 0.600. The first kappa shape index (κ1) is 16.8. The summed E-state index contributed by atoms with van der Waals surface area (Å²) in [7, 11) is 0. The normalized spacial score (nSPS) is 15.2. The van der Waals surface area contributed by atoms with Crippen molar-refractivity contribution in [3.8, 4) is 5.75 Å². The lowest BCUT2D eigenvalue weighted by Crippen LogP contribution is -2.39. The Kier molecular flexibility index (Phi) is 5.08. The van der Waals surface area contributed by atoms with E-state index in [-0.39, 0.29) is 11.5 Å². The van der Waals surface area contributed by atoms with Crippen LogP contribution in [-0.2, 0) is 5.60 Å². The SMILES string of the molecule is CCCOc1ccc(C(C)(O)C(F)(F)F)cc1C(C)C. The predicted molar refractivity (Wildman–Crippen MR) is 71.9 cm³/mol. The second-order valence-electron chi connectivity index (χ2n) is 5.33. The fourth-order valence-corrected chi connectivity index (χ4v) is 1.81. The largest absolute Gasteiger partial charge is 0.493 e. The molecule has 5 heteroatoms. The number of alkyl halides is 3. The average molecular weight is 290 g/mol. The van der Waals surface area contributed by atoms with Gasteiger partial charge in [0, 0.05) is 0 Å². The molecule has 0 spiro atoms. The minimum absolute atomic E-state index is 0.00541. The van der Waals surface area contributed by atoms with Crippen molar-refractivity contribution in [1.82, 2.24) is 0 Å². The van der Waals surface area contributed by atoms with Crippen molar-refractivity contribution in [2.45, 2.75) is 51.8 Å². The van der Waals surface area contributed by atoms with E-state index >= 15 is 0 Å². The molecule has 0 radical (unpaired) electrons. The first-order valence-electron chi connectivity index (χ1n) is 6.67. The summed E-state index contributed by atoms with van der Waals surface area (Å²) in [6.45, 7) is 6.98. The zero-order chi connectivity index (χ0) is 15.6. The summed E-state index contributed by atoms with van der Waals surface area (Å²) in [5, 5.41) is 9.73. The van der Waals surface area contributed by atoms with Crippen molar-refractivity contribution in [2.24, 2.45) is 0 Å². The number of rotatable bonds is 5. The number of benzene rings is 1. The molecule has 1 atom stereocenters. The van der Waals surface area contributed by atoms with Gasteiger partial charge in [0.1, 0.15) is 5.75 Å². The molecule has 0 amide bonds. The van der Waals surface area contributed by atoms with Gasteiger partial charge in [0.25, 0.3) is 0 Å². The molecular weight excluding hydrogens is 269 g/mol. The molecule has 0 aliphatic rings. The van der Waals surface area contributed by atoms with Crippen LogP contribution in [0.2, 0.25) is 0 Å². The predicted octanol–water partition coefficient (Wildman–Crippen LogP) is 4.37. The Bertz CT molecular complexity index is 451. The molecule has 0 heterocycles. The van der Waals surface area contributed by atoms with Crippen LogP contribution in [-0.4, -0.2) is 17.9 Å². The van der Waals surface area contributed by atoms with Crippen LogP contribution in [0.15, 0.2) is 18.2 Å². The molecule has 20 heavy (non-hydrogen) atoms. The molecule has 0 saturated carbocycles. The Morgan fingerprint density at radius 3 is 2.30 bits per heavy atom. The van der Waals surface area contributed by atoms with Gasteiger partial charge in [-0.15, -0.1) is 0 Å². The van der Waals surface area contributed by atoms with Crippen molar-refractivity contribution in [2.75, 3.05) is 6.61 Å². The Hall–Kier alpha value is -1.23. The summed E-state index contributed by atoms with van der Waals surface area (Å²) >= 11 is 0. The Morgan fingerprint density at radius 2 is 1.85 bits per heavy atom. The van der Waals surface area contributed by atoms with E-state index in [4.69, 9.17) is 4.74 Å². The van der Waals surface area contributed by atoms with Gasteiger partial charge in [-0.3, -0.25) is 0 Å². The Morgan fingerprint density at radius 1 is 1.25 bits per heavy atom. The minimum atomic E-state index is -4.72. The van der Waals surface area contributed by atoms with Crippen LogP contribution in [0.5, 0.6) is 5.75 Å². The topological polar surface area (TPSA) is 29.5 Å². The molecular formula is C15H21F3O2. The van der Waals surface area contributed by atoms with Gasteiger partial charge in [-0.05, 0) is 42.5 Å². The third kappa shape index (κ3) is 3.45. The van der Waals surface area contributed by atoms with Crippen LogP contribution in [0.3, 0.4) is 0 Å². The molecule has 0 aliphatic carbocycles. The fourth-order valence-electron chi connectivity index (χ4n) is 1.81. The van der Waals surface area contributed by atoms with Crippen LogP contribution >= 0.6 is 0 Å². The molecule has 0 aliphatic heterocycles. The van der Waals surface area contributed by atoms with Gasteiger partial charge in [0.15, 0.2) is 5.60 Å². The highest BCUT2D eigenvalue weighted by Crippen LogP contribution is 2.40. The number of hydrogen-bond donors (Lipinski definition) is 1. The van der Waals surface area contributed by atoms with Crippen molar-refractivity contribution < 1.29 is 23.0 Å². The molecule has 2 nitrogen and oxygen atoms in total.